The first-order valence-corrected chi connectivity index (χ1v) is 4.86. The van der Waals surface area contributed by atoms with Gasteiger partial charge in [0.25, 0.3) is 5.91 Å². The first kappa shape index (κ1) is 12.6. The molecule has 1 amide bonds. The molecule has 0 aliphatic rings. The van der Waals surface area contributed by atoms with Gasteiger partial charge in [0.05, 0.1) is 0 Å². The van der Waals surface area contributed by atoms with Gasteiger partial charge in [0, 0.05) is 5.56 Å². The Kier molecular flexibility index (Phi) is 4.62. The lowest BCUT2D eigenvalue weighted by Crippen LogP contribution is -2.29. The molecule has 88 valence electrons. The smallest absolute Gasteiger partial charge is 0.322 e. The van der Waals surface area contributed by atoms with E-state index in [4.69, 9.17) is 5.11 Å². The predicted octanol–water partition coefficient (Wildman–Crippen LogP) is 0.713. The van der Waals surface area contributed by atoms with Crippen molar-refractivity contribution in [2.45, 2.75) is 0 Å². The highest BCUT2D eigenvalue weighted by Gasteiger charge is 2.09. The van der Waals surface area contributed by atoms with Gasteiger partial charge in [0.2, 0.25) is 0 Å². The molecule has 1 aromatic carbocycles. The Labute approximate surface area is 97.8 Å². The molecule has 0 bridgehead atoms. The fraction of sp³-hybridized carbons (Fsp3) is 0.0833. The summed E-state index contributed by atoms with van der Waals surface area (Å²) in [5.41, 5.74) is 0.884. The molecule has 0 saturated carbocycles. The lowest BCUT2D eigenvalue weighted by molar-refractivity contribution is -0.135. The molecule has 0 spiro atoms. The van der Waals surface area contributed by atoms with Gasteiger partial charge in [-0.15, -0.1) is 0 Å². The lowest BCUT2D eigenvalue weighted by atomic mass is 10.1. The predicted molar refractivity (Wildman–Crippen MR) is 61.5 cm³/mol. The van der Waals surface area contributed by atoms with Crippen LogP contribution in [0.25, 0.3) is 6.08 Å². The normalized spacial score (nSPS) is 10.1. The van der Waals surface area contributed by atoms with E-state index in [-0.39, 0.29) is 0 Å². The van der Waals surface area contributed by atoms with Gasteiger partial charge in [-0.1, -0.05) is 24.3 Å². The van der Waals surface area contributed by atoms with Crippen molar-refractivity contribution in [1.29, 1.82) is 0 Å². The number of rotatable bonds is 5. The largest absolute Gasteiger partial charge is 0.480 e. The molecule has 0 aliphatic heterocycles. The van der Waals surface area contributed by atoms with Crippen molar-refractivity contribution in [1.82, 2.24) is 5.32 Å². The number of allylic oxidation sites excluding steroid dienone is 1. The molecule has 5 heteroatoms. The van der Waals surface area contributed by atoms with Gasteiger partial charge in [-0.05, 0) is 17.7 Å². The van der Waals surface area contributed by atoms with Gasteiger partial charge in [-0.25, -0.2) is 0 Å². The molecule has 1 aromatic rings. The van der Waals surface area contributed by atoms with E-state index in [1.165, 1.54) is 12.2 Å². The summed E-state index contributed by atoms with van der Waals surface area (Å²) in [7, 11) is 0. The molecule has 0 heterocycles. The van der Waals surface area contributed by atoms with Gasteiger partial charge in [0.1, 0.15) is 12.8 Å². The average molecular weight is 233 g/mol. The van der Waals surface area contributed by atoms with Crippen LogP contribution in [0.3, 0.4) is 0 Å². The van der Waals surface area contributed by atoms with Crippen LogP contribution in [0, 0.1) is 0 Å². The summed E-state index contributed by atoms with van der Waals surface area (Å²) in [5, 5.41) is 10.7. The van der Waals surface area contributed by atoms with E-state index in [1.54, 1.807) is 24.3 Å². The maximum Gasteiger partial charge on any atom is 0.322 e. The van der Waals surface area contributed by atoms with Gasteiger partial charge < -0.3 is 10.4 Å². The summed E-state index contributed by atoms with van der Waals surface area (Å²) in [6.45, 7) is -0.440. The van der Waals surface area contributed by atoms with Crippen molar-refractivity contribution in [3.05, 3.63) is 41.5 Å². The number of carboxylic acids is 1. The van der Waals surface area contributed by atoms with E-state index in [9.17, 15) is 14.4 Å². The fourth-order valence-electron chi connectivity index (χ4n) is 1.24. The molecule has 1 rings (SSSR count). The summed E-state index contributed by atoms with van der Waals surface area (Å²) in [4.78, 5) is 32.2. The van der Waals surface area contributed by atoms with Crippen LogP contribution in [0.1, 0.15) is 15.9 Å². The van der Waals surface area contributed by atoms with Crippen LogP contribution in [0.15, 0.2) is 30.3 Å². The van der Waals surface area contributed by atoms with E-state index >= 15 is 0 Å². The quantitative estimate of drug-likeness (QED) is 0.579. The molecule has 0 saturated heterocycles. The van der Waals surface area contributed by atoms with Crippen molar-refractivity contribution in [3.8, 4) is 0 Å². The third-order valence-electron chi connectivity index (χ3n) is 1.96. The van der Waals surface area contributed by atoms with Crippen molar-refractivity contribution in [3.63, 3.8) is 0 Å². The summed E-state index contributed by atoms with van der Waals surface area (Å²) in [6, 6.07) is 6.60. The number of aliphatic carboxylic acids is 1. The van der Waals surface area contributed by atoms with Crippen LogP contribution >= 0.6 is 0 Å². The number of benzene rings is 1. The SMILES string of the molecule is O=C/C=C/c1ccccc1C(=O)NCC(=O)O. The summed E-state index contributed by atoms with van der Waals surface area (Å²) >= 11 is 0. The van der Waals surface area contributed by atoms with Crippen LogP contribution in [0.2, 0.25) is 0 Å². The Morgan fingerprint density at radius 1 is 1.29 bits per heavy atom. The first-order valence-electron chi connectivity index (χ1n) is 4.86. The molecule has 0 unspecified atom stereocenters. The van der Waals surface area contributed by atoms with Crippen LogP contribution in [0.5, 0.6) is 0 Å². The highest BCUT2D eigenvalue weighted by molar-refractivity contribution is 5.99. The van der Waals surface area contributed by atoms with Crippen molar-refractivity contribution >= 4 is 24.2 Å². The first-order chi connectivity index (χ1) is 8.15. The minimum absolute atomic E-state index is 0.326. The minimum atomic E-state index is -1.11. The highest BCUT2D eigenvalue weighted by atomic mass is 16.4. The van der Waals surface area contributed by atoms with Crippen LogP contribution < -0.4 is 5.32 Å². The van der Waals surface area contributed by atoms with Crippen LogP contribution in [-0.2, 0) is 9.59 Å². The number of hydrogen-bond acceptors (Lipinski definition) is 3. The number of amides is 1. The Morgan fingerprint density at radius 3 is 2.65 bits per heavy atom. The average Bonchev–Trinajstić information content (AvgIpc) is 2.33. The summed E-state index contributed by atoms with van der Waals surface area (Å²) in [6.07, 6.45) is 3.36. The second-order valence-corrected chi connectivity index (χ2v) is 3.16. The maximum atomic E-state index is 11.6. The number of hydrogen-bond donors (Lipinski definition) is 2. The molecule has 0 aliphatic carbocycles. The van der Waals surface area contributed by atoms with E-state index in [1.807, 2.05) is 0 Å². The summed E-state index contributed by atoms with van der Waals surface area (Å²) in [5.74, 6) is -1.60. The number of carboxylic acid groups (broad SMARTS) is 1. The zero-order valence-corrected chi connectivity index (χ0v) is 8.92. The molecule has 5 nitrogen and oxygen atoms in total. The molecular formula is C12H11NO4. The van der Waals surface area contributed by atoms with Gasteiger partial charge >= 0.3 is 5.97 Å². The fourth-order valence-corrected chi connectivity index (χ4v) is 1.24. The zero-order valence-electron chi connectivity index (χ0n) is 8.92. The Morgan fingerprint density at radius 2 is 2.00 bits per heavy atom. The van der Waals surface area contributed by atoms with Crippen molar-refractivity contribution in [2.24, 2.45) is 0 Å². The number of nitrogens with one attached hydrogen (secondary N) is 1. The Balaban J connectivity index is 2.88. The molecule has 0 atom stereocenters. The van der Waals surface area contributed by atoms with E-state index in [2.05, 4.69) is 5.32 Å². The molecule has 2 N–H and O–H groups in total. The minimum Gasteiger partial charge on any atom is -0.480 e. The van der Waals surface area contributed by atoms with Crippen LogP contribution in [0.4, 0.5) is 0 Å². The molecular weight excluding hydrogens is 222 g/mol. The van der Waals surface area contributed by atoms with Crippen molar-refractivity contribution < 1.29 is 19.5 Å². The molecule has 0 fully saturated rings. The standard InChI is InChI=1S/C12H11NO4/c14-7-3-5-9-4-1-2-6-10(9)12(17)13-8-11(15)16/h1-7H,8H2,(H,13,17)(H,15,16)/b5-3+. The number of carbonyl (C=O) groups excluding carboxylic acids is 2. The second kappa shape index (κ2) is 6.22. The third kappa shape index (κ3) is 3.90. The Hall–Kier alpha value is -2.43. The van der Waals surface area contributed by atoms with E-state index < -0.39 is 18.4 Å². The van der Waals surface area contributed by atoms with Gasteiger partial charge in [0.15, 0.2) is 0 Å². The number of carbonyl (C=O) groups is 3. The second-order valence-electron chi connectivity index (χ2n) is 3.16. The maximum absolute atomic E-state index is 11.6. The summed E-state index contributed by atoms with van der Waals surface area (Å²) < 4.78 is 0. The Bertz CT molecular complexity index is 465. The molecule has 0 radical (unpaired) electrons. The lowest BCUT2D eigenvalue weighted by Gasteiger charge is -2.05. The monoisotopic (exact) mass is 233 g/mol. The van der Waals surface area contributed by atoms with Gasteiger partial charge in [-0.2, -0.15) is 0 Å². The van der Waals surface area contributed by atoms with Crippen molar-refractivity contribution in [2.75, 3.05) is 6.54 Å². The zero-order chi connectivity index (χ0) is 12.7. The van der Waals surface area contributed by atoms with Gasteiger partial charge in [-0.3, -0.25) is 14.4 Å². The van der Waals surface area contributed by atoms with Crippen LogP contribution in [-0.4, -0.2) is 29.8 Å². The molecule has 0 aromatic heterocycles. The van der Waals surface area contributed by atoms with E-state index in [0.29, 0.717) is 17.4 Å². The molecule has 17 heavy (non-hydrogen) atoms. The number of aldehydes is 1. The topological polar surface area (TPSA) is 83.5 Å². The highest BCUT2D eigenvalue weighted by Crippen LogP contribution is 2.10. The van der Waals surface area contributed by atoms with E-state index in [0.717, 1.165) is 0 Å². The third-order valence-corrected chi connectivity index (χ3v) is 1.96.